The molecule has 230 valence electrons. The highest BCUT2D eigenvalue weighted by molar-refractivity contribution is 6.10. The molecule has 0 aliphatic rings. The smallest absolute Gasteiger partial charge is 0.407 e. The minimum absolute atomic E-state index is 0.0421. The summed E-state index contributed by atoms with van der Waals surface area (Å²) in [7, 11) is 3.21. The first-order valence-corrected chi connectivity index (χ1v) is 14.0. The van der Waals surface area contributed by atoms with Crippen molar-refractivity contribution in [2.45, 2.75) is 65.5 Å². The van der Waals surface area contributed by atoms with Crippen LogP contribution in [0.4, 0.5) is 10.7 Å². The number of rotatable bonds is 11. The first-order chi connectivity index (χ1) is 20.1. The number of nitrogens with zero attached hydrogens (tertiary/aromatic N) is 3. The number of carboxylic acid groups (broad SMARTS) is 1. The number of amides is 3. The normalized spacial score (nSPS) is 12.0. The lowest BCUT2D eigenvalue weighted by Crippen LogP contribution is -2.33. The number of benzene rings is 2. The topological polar surface area (TPSA) is 160 Å². The fourth-order valence-corrected chi connectivity index (χ4v) is 4.52. The summed E-state index contributed by atoms with van der Waals surface area (Å²) in [6.07, 6.45) is 1.44. The zero-order valence-electron chi connectivity index (χ0n) is 25.6. The number of unbranched alkanes of at least 4 members (excludes halogenated alkanes) is 1. The zero-order chi connectivity index (χ0) is 32.1. The Balaban J connectivity index is 1.98. The van der Waals surface area contributed by atoms with Crippen molar-refractivity contribution in [2.75, 3.05) is 26.0 Å². The van der Waals surface area contributed by atoms with Crippen LogP contribution in [0.25, 0.3) is 11.0 Å². The van der Waals surface area contributed by atoms with E-state index in [1.165, 1.54) is 42.2 Å². The number of alkyl carbamates (subject to hydrolysis) is 1. The summed E-state index contributed by atoms with van der Waals surface area (Å²) in [5.41, 5.74) is 0.847. The summed E-state index contributed by atoms with van der Waals surface area (Å²) in [6.45, 7) is 9.09. The van der Waals surface area contributed by atoms with E-state index in [9.17, 15) is 29.1 Å². The summed E-state index contributed by atoms with van der Waals surface area (Å²) in [6, 6.07) is 8.46. The Morgan fingerprint density at radius 1 is 1.02 bits per heavy atom. The van der Waals surface area contributed by atoms with Gasteiger partial charge in [-0.1, -0.05) is 6.07 Å². The molecule has 0 spiro atoms. The number of aromatic nitrogens is 2. The number of carboxylic acids is 1. The number of imidazole rings is 1. The van der Waals surface area contributed by atoms with Crippen molar-refractivity contribution in [3.8, 4) is 0 Å². The number of fused-ring (bicyclic) bond motifs is 1. The molecular formula is C31H39N5O7. The van der Waals surface area contributed by atoms with Gasteiger partial charge in [0.1, 0.15) is 5.60 Å². The fourth-order valence-electron chi connectivity index (χ4n) is 4.52. The van der Waals surface area contributed by atoms with Gasteiger partial charge in [0.2, 0.25) is 5.95 Å². The van der Waals surface area contributed by atoms with Crippen LogP contribution in [-0.4, -0.2) is 75.5 Å². The molecule has 1 atom stereocenters. The molecule has 43 heavy (non-hydrogen) atoms. The third kappa shape index (κ3) is 8.40. The largest absolute Gasteiger partial charge is 0.478 e. The molecule has 12 nitrogen and oxygen atoms in total. The van der Waals surface area contributed by atoms with Crippen molar-refractivity contribution in [3.05, 3.63) is 58.7 Å². The summed E-state index contributed by atoms with van der Waals surface area (Å²) in [5, 5.41) is 14.9. The molecule has 3 N–H and O–H groups in total. The number of carbonyl (C=O) groups excluding carboxylic acids is 4. The van der Waals surface area contributed by atoms with Gasteiger partial charge in [-0.2, -0.15) is 0 Å². The highest BCUT2D eigenvalue weighted by Crippen LogP contribution is 2.32. The van der Waals surface area contributed by atoms with E-state index in [1.54, 1.807) is 45.5 Å². The molecule has 0 fully saturated rings. The predicted octanol–water partition coefficient (Wildman–Crippen LogP) is 5.15. The SMILES string of the molecule is CC(=O)c1cc(C(=O)N(C)C)c2c(c1)nc(NC(=O)c1cccc(C(=O)O)c1)n2[C@H](C)CCCCNC(=O)OC(C)(C)C. The Bertz CT molecular complexity index is 1550. The van der Waals surface area contributed by atoms with Crippen molar-refractivity contribution < 1.29 is 33.8 Å². The maximum Gasteiger partial charge on any atom is 0.407 e. The van der Waals surface area contributed by atoms with Gasteiger partial charge in [-0.3, -0.25) is 19.7 Å². The van der Waals surface area contributed by atoms with Crippen LogP contribution in [0.3, 0.4) is 0 Å². The lowest BCUT2D eigenvalue weighted by atomic mass is 10.0. The van der Waals surface area contributed by atoms with E-state index in [2.05, 4.69) is 15.6 Å². The average molecular weight is 594 g/mol. The summed E-state index contributed by atoms with van der Waals surface area (Å²) >= 11 is 0. The number of hydrogen-bond acceptors (Lipinski definition) is 7. The Morgan fingerprint density at radius 3 is 2.30 bits per heavy atom. The second kappa shape index (κ2) is 13.5. The van der Waals surface area contributed by atoms with Gasteiger partial charge in [0.15, 0.2) is 5.78 Å². The first kappa shape index (κ1) is 32.8. The molecule has 0 aliphatic carbocycles. The highest BCUT2D eigenvalue weighted by atomic mass is 16.6. The number of anilines is 1. The third-order valence-corrected chi connectivity index (χ3v) is 6.58. The second-order valence-electron chi connectivity index (χ2n) is 11.6. The van der Waals surface area contributed by atoms with Gasteiger partial charge in [-0.25, -0.2) is 14.6 Å². The monoisotopic (exact) mass is 593 g/mol. The summed E-state index contributed by atoms with van der Waals surface area (Å²) in [5.74, 6) is -2.18. The maximum absolute atomic E-state index is 13.3. The molecule has 3 aromatic rings. The van der Waals surface area contributed by atoms with Crippen molar-refractivity contribution in [1.82, 2.24) is 19.8 Å². The van der Waals surface area contributed by atoms with E-state index >= 15 is 0 Å². The van der Waals surface area contributed by atoms with E-state index in [0.717, 1.165) is 0 Å². The van der Waals surface area contributed by atoms with Gasteiger partial charge in [0, 0.05) is 37.8 Å². The molecule has 1 aromatic heterocycles. The first-order valence-electron chi connectivity index (χ1n) is 14.0. The standard InChI is InChI=1S/C31H39N5O7/c1-18(11-8-9-14-32-30(42)43-31(3,4)5)36-25-23(27(39)35(6)7)16-22(19(2)37)17-24(25)33-29(36)34-26(38)20-12-10-13-21(15-20)28(40)41/h10,12-13,15-18H,8-9,11,14H2,1-7H3,(H,32,42)(H,40,41)(H,33,34,38)/t18-/m1/s1. The van der Waals surface area contributed by atoms with Gasteiger partial charge in [0.05, 0.1) is 22.2 Å². The van der Waals surface area contributed by atoms with Crippen molar-refractivity contribution in [1.29, 1.82) is 0 Å². The Morgan fingerprint density at radius 2 is 1.70 bits per heavy atom. The number of hydrogen-bond donors (Lipinski definition) is 3. The predicted molar refractivity (Wildman–Crippen MR) is 162 cm³/mol. The maximum atomic E-state index is 13.3. The number of ether oxygens (including phenoxy) is 1. The number of nitrogens with one attached hydrogen (secondary N) is 2. The molecule has 0 radical (unpaired) electrons. The van der Waals surface area contributed by atoms with E-state index < -0.39 is 23.6 Å². The van der Waals surface area contributed by atoms with E-state index in [4.69, 9.17) is 4.74 Å². The molecule has 12 heteroatoms. The van der Waals surface area contributed by atoms with Crippen LogP contribution in [0.15, 0.2) is 36.4 Å². The van der Waals surface area contributed by atoms with Crippen LogP contribution < -0.4 is 10.6 Å². The van der Waals surface area contributed by atoms with Crippen LogP contribution in [-0.2, 0) is 4.74 Å². The number of carbonyl (C=O) groups is 5. The molecule has 0 unspecified atom stereocenters. The molecule has 2 aromatic carbocycles. The van der Waals surface area contributed by atoms with Gasteiger partial charge in [-0.05, 0) is 84.2 Å². The summed E-state index contributed by atoms with van der Waals surface area (Å²) < 4.78 is 7.03. The van der Waals surface area contributed by atoms with Crippen LogP contribution in [0.2, 0.25) is 0 Å². The average Bonchev–Trinajstić information content (AvgIpc) is 3.28. The van der Waals surface area contributed by atoms with Crippen molar-refractivity contribution in [3.63, 3.8) is 0 Å². The molecule has 1 heterocycles. The molecule has 3 amide bonds. The molecule has 3 rings (SSSR count). The third-order valence-electron chi connectivity index (χ3n) is 6.58. The highest BCUT2D eigenvalue weighted by Gasteiger charge is 2.25. The van der Waals surface area contributed by atoms with Crippen LogP contribution in [0, 0.1) is 0 Å². The van der Waals surface area contributed by atoms with Crippen LogP contribution in [0.5, 0.6) is 0 Å². The molecule has 0 bridgehead atoms. The van der Waals surface area contributed by atoms with Crippen molar-refractivity contribution in [2.24, 2.45) is 0 Å². The van der Waals surface area contributed by atoms with Gasteiger partial charge >= 0.3 is 12.1 Å². The minimum atomic E-state index is -1.17. The Labute approximate surface area is 250 Å². The molecule has 0 saturated heterocycles. The van der Waals surface area contributed by atoms with Gasteiger partial charge in [-0.15, -0.1) is 0 Å². The van der Waals surface area contributed by atoms with Gasteiger partial charge < -0.3 is 24.6 Å². The zero-order valence-corrected chi connectivity index (χ0v) is 25.6. The van der Waals surface area contributed by atoms with Crippen molar-refractivity contribution >= 4 is 46.6 Å². The number of Topliss-reactive ketones (excluding diaryl/α,β-unsaturated/α-hetero) is 1. The summed E-state index contributed by atoms with van der Waals surface area (Å²) in [4.78, 5) is 68.3. The quantitative estimate of drug-likeness (QED) is 0.203. The fraction of sp³-hybridized carbons (Fsp3) is 0.419. The Kier molecular flexibility index (Phi) is 10.3. The lowest BCUT2D eigenvalue weighted by molar-refractivity contribution is 0.0525. The second-order valence-corrected chi connectivity index (χ2v) is 11.6. The number of aromatic carboxylic acids is 1. The van der Waals surface area contributed by atoms with Gasteiger partial charge in [0.25, 0.3) is 11.8 Å². The van der Waals surface area contributed by atoms with Crippen LogP contribution >= 0.6 is 0 Å². The number of ketones is 1. The lowest BCUT2D eigenvalue weighted by Gasteiger charge is -2.21. The van der Waals surface area contributed by atoms with Crippen LogP contribution in [0.1, 0.15) is 101 Å². The van der Waals surface area contributed by atoms with E-state index in [0.29, 0.717) is 42.4 Å². The minimum Gasteiger partial charge on any atom is -0.478 e. The molecule has 0 saturated carbocycles. The van der Waals surface area contributed by atoms with E-state index in [1.807, 2.05) is 6.92 Å². The molecule has 0 aliphatic heterocycles. The Hall–Kier alpha value is -4.74. The molecular weight excluding hydrogens is 554 g/mol. The van der Waals surface area contributed by atoms with E-state index in [-0.39, 0.29) is 40.4 Å².